The molecule has 0 saturated heterocycles. The highest BCUT2D eigenvalue weighted by molar-refractivity contribution is 8.00. The first-order chi connectivity index (χ1) is 14.6. The molecule has 0 bridgehead atoms. The van der Waals surface area contributed by atoms with Crippen molar-refractivity contribution in [2.75, 3.05) is 5.32 Å². The molecule has 9 heteroatoms. The van der Waals surface area contributed by atoms with E-state index in [1.165, 1.54) is 27.9 Å². The van der Waals surface area contributed by atoms with E-state index in [1.807, 2.05) is 30.0 Å². The summed E-state index contributed by atoms with van der Waals surface area (Å²) in [5.74, 6) is 0.761. The Labute approximate surface area is 188 Å². The van der Waals surface area contributed by atoms with Crippen LogP contribution in [0.4, 0.5) is 5.00 Å². The number of rotatable bonds is 6. The van der Waals surface area contributed by atoms with Crippen LogP contribution in [-0.2, 0) is 31.1 Å². The van der Waals surface area contributed by atoms with Crippen molar-refractivity contribution in [3.8, 4) is 6.07 Å². The average Bonchev–Trinajstić information content (AvgIpc) is 3.40. The number of nitrogens with one attached hydrogen (secondary N) is 1. The second-order valence-electron chi connectivity index (χ2n) is 7.34. The van der Waals surface area contributed by atoms with Gasteiger partial charge in [-0.1, -0.05) is 24.2 Å². The Bertz CT molecular complexity index is 1080. The Morgan fingerprint density at radius 1 is 1.37 bits per heavy atom. The van der Waals surface area contributed by atoms with Crippen molar-refractivity contribution in [1.82, 2.24) is 14.8 Å². The van der Waals surface area contributed by atoms with E-state index in [0.29, 0.717) is 15.7 Å². The summed E-state index contributed by atoms with van der Waals surface area (Å²) in [7, 11) is 1.93. The first kappa shape index (κ1) is 21.1. The summed E-state index contributed by atoms with van der Waals surface area (Å²) in [6.07, 6.45) is 6.13. The minimum absolute atomic E-state index is 0.115. The van der Waals surface area contributed by atoms with Crippen molar-refractivity contribution in [2.24, 2.45) is 7.05 Å². The van der Waals surface area contributed by atoms with E-state index < -0.39 is 0 Å². The van der Waals surface area contributed by atoms with Crippen molar-refractivity contribution in [2.45, 2.75) is 55.9 Å². The Morgan fingerprint density at radius 2 is 2.20 bits per heavy atom. The fourth-order valence-electron chi connectivity index (χ4n) is 3.54. The SMILES string of the molecule is C[C@@H](Sc1nnc(Cc2cccs2)n1C)C(=O)Nc1sc2c(c1C#N)CCCCC2. The summed E-state index contributed by atoms with van der Waals surface area (Å²) in [5.41, 5.74) is 1.79. The lowest BCUT2D eigenvalue weighted by molar-refractivity contribution is -0.115. The predicted octanol–water partition coefficient (Wildman–Crippen LogP) is 4.79. The van der Waals surface area contributed by atoms with Crippen LogP contribution < -0.4 is 5.32 Å². The normalized spacial score (nSPS) is 14.6. The maximum absolute atomic E-state index is 12.8. The zero-order valence-electron chi connectivity index (χ0n) is 17.0. The number of anilines is 1. The van der Waals surface area contributed by atoms with Crippen LogP contribution in [-0.4, -0.2) is 25.9 Å². The molecule has 0 aliphatic heterocycles. The first-order valence-corrected chi connectivity index (χ1v) is 12.6. The van der Waals surface area contributed by atoms with Gasteiger partial charge in [0.2, 0.25) is 5.91 Å². The molecule has 3 aromatic rings. The number of fused-ring (bicyclic) bond motifs is 1. The van der Waals surface area contributed by atoms with Crippen molar-refractivity contribution >= 4 is 45.3 Å². The second-order valence-corrected chi connectivity index (χ2v) is 10.8. The van der Waals surface area contributed by atoms with Gasteiger partial charge in [0.15, 0.2) is 5.16 Å². The lowest BCUT2D eigenvalue weighted by Gasteiger charge is -2.11. The standard InChI is InChI=1S/C21H23N5OS3/c1-13(29-21-25-24-18(26(21)2)11-14-7-6-10-28-14)19(27)23-20-16(12-22)15-8-4-3-5-9-17(15)30-20/h6-7,10,13H,3-5,8-9,11H2,1-2H3,(H,23,27)/t13-/m1/s1. The molecule has 3 aromatic heterocycles. The number of hydrogen-bond acceptors (Lipinski definition) is 7. The van der Waals surface area contributed by atoms with E-state index in [2.05, 4.69) is 27.6 Å². The topological polar surface area (TPSA) is 83.6 Å². The third-order valence-electron chi connectivity index (χ3n) is 5.26. The van der Waals surface area contributed by atoms with E-state index in [-0.39, 0.29) is 11.2 Å². The van der Waals surface area contributed by atoms with Crippen LogP contribution in [0.2, 0.25) is 0 Å². The molecule has 4 rings (SSSR count). The van der Waals surface area contributed by atoms with Crippen molar-refractivity contribution in [3.05, 3.63) is 44.2 Å². The van der Waals surface area contributed by atoms with Gasteiger partial charge in [0.05, 0.1) is 10.8 Å². The van der Waals surface area contributed by atoms with Crippen molar-refractivity contribution in [3.63, 3.8) is 0 Å². The molecule has 1 N–H and O–H groups in total. The zero-order chi connectivity index (χ0) is 21.1. The molecule has 6 nitrogen and oxygen atoms in total. The maximum atomic E-state index is 12.8. The molecule has 0 unspecified atom stereocenters. The van der Waals surface area contributed by atoms with Crippen LogP contribution in [0, 0.1) is 11.3 Å². The quantitative estimate of drug-likeness (QED) is 0.425. The van der Waals surface area contributed by atoms with Crippen LogP contribution >= 0.6 is 34.4 Å². The number of thiophene rings is 2. The van der Waals surface area contributed by atoms with E-state index in [9.17, 15) is 10.1 Å². The van der Waals surface area contributed by atoms with E-state index in [1.54, 1.807) is 22.7 Å². The van der Waals surface area contributed by atoms with Crippen LogP contribution in [0.5, 0.6) is 0 Å². The molecule has 0 spiro atoms. The van der Waals surface area contributed by atoms with Crippen molar-refractivity contribution in [1.29, 1.82) is 5.26 Å². The Hall–Kier alpha value is -2.15. The van der Waals surface area contributed by atoms with Gasteiger partial charge in [0.1, 0.15) is 16.9 Å². The molecular weight excluding hydrogens is 434 g/mol. The number of hydrogen-bond donors (Lipinski definition) is 1. The van der Waals surface area contributed by atoms with Gasteiger partial charge in [-0.2, -0.15) is 5.26 Å². The maximum Gasteiger partial charge on any atom is 0.238 e. The minimum atomic E-state index is -0.351. The summed E-state index contributed by atoms with van der Waals surface area (Å²) >= 11 is 4.65. The molecule has 3 heterocycles. The van der Waals surface area contributed by atoms with Gasteiger partial charge in [0, 0.05) is 23.2 Å². The molecule has 0 radical (unpaired) electrons. The molecule has 1 aliphatic carbocycles. The van der Waals surface area contributed by atoms with Crippen LogP contribution in [0.1, 0.15) is 52.9 Å². The summed E-state index contributed by atoms with van der Waals surface area (Å²) in [5, 5.41) is 24.3. The molecule has 1 aliphatic rings. The lowest BCUT2D eigenvalue weighted by Crippen LogP contribution is -2.22. The van der Waals surface area contributed by atoms with Gasteiger partial charge >= 0.3 is 0 Å². The average molecular weight is 458 g/mol. The van der Waals surface area contributed by atoms with Crippen LogP contribution in [0.3, 0.4) is 0 Å². The van der Waals surface area contributed by atoms with E-state index >= 15 is 0 Å². The molecule has 0 saturated carbocycles. The summed E-state index contributed by atoms with van der Waals surface area (Å²) in [6.45, 7) is 1.86. The monoisotopic (exact) mass is 457 g/mol. The lowest BCUT2D eigenvalue weighted by atomic mass is 10.1. The third kappa shape index (κ3) is 4.46. The highest BCUT2D eigenvalue weighted by atomic mass is 32.2. The van der Waals surface area contributed by atoms with Gasteiger partial charge < -0.3 is 9.88 Å². The number of amides is 1. The minimum Gasteiger partial charge on any atom is -0.316 e. The molecular formula is C21H23N5OS3. The van der Waals surface area contributed by atoms with Crippen LogP contribution in [0.15, 0.2) is 22.7 Å². The Balaban J connectivity index is 1.44. The Morgan fingerprint density at radius 3 is 2.97 bits per heavy atom. The zero-order valence-corrected chi connectivity index (χ0v) is 19.4. The Kier molecular flexibility index (Phi) is 6.56. The number of carbonyl (C=O) groups excluding carboxylic acids is 1. The number of aryl methyl sites for hydroxylation is 1. The van der Waals surface area contributed by atoms with Crippen LogP contribution in [0.25, 0.3) is 0 Å². The van der Waals surface area contributed by atoms with Gasteiger partial charge in [0.25, 0.3) is 0 Å². The number of carbonyl (C=O) groups is 1. The fourth-order valence-corrected chi connectivity index (χ4v) is 6.32. The molecule has 30 heavy (non-hydrogen) atoms. The predicted molar refractivity (Wildman–Crippen MR) is 122 cm³/mol. The molecule has 0 aromatic carbocycles. The van der Waals surface area contributed by atoms with Crippen molar-refractivity contribution < 1.29 is 4.79 Å². The molecule has 156 valence electrons. The summed E-state index contributed by atoms with van der Waals surface area (Å²) in [4.78, 5) is 15.3. The molecule has 1 amide bonds. The summed E-state index contributed by atoms with van der Waals surface area (Å²) < 4.78 is 1.95. The smallest absolute Gasteiger partial charge is 0.238 e. The highest BCUT2D eigenvalue weighted by Gasteiger charge is 2.24. The van der Waals surface area contributed by atoms with E-state index in [0.717, 1.165) is 43.5 Å². The fraction of sp³-hybridized carbons (Fsp3) is 0.429. The van der Waals surface area contributed by atoms with Gasteiger partial charge in [-0.05, 0) is 49.6 Å². The van der Waals surface area contributed by atoms with Gasteiger partial charge in [-0.3, -0.25) is 4.79 Å². The van der Waals surface area contributed by atoms with Gasteiger partial charge in [-0.25, -0.2) is 0 Å². The summed E-state index contributed by atoms with van der Waals surface area (Å²) in [6, 6.07) is 6.43. The first-order valence-electron chi connectivity index (χ1n) is 9.99. The molecule has 1 atom stereocenters. The van der Waals surface area contributed by atoms with Gasteiger partial charge in [-0.15, -0.1) is 32.9 Å². The molecule has 0 fully saturated rings. The second kappa shape index (κ2) is 9.33. The number of nitrogens with zero attached hydrogens (tertiary/aromatic N) is 4. The third-order valence-corrected chi connectivity index (χ3v) is 8.48. The number of aromatic nitrogens is 3. The number of nitriles is 1. The highest BCUT2D eigenvalue weighted by Crippen LogP contribution is 2.37. The van der Waals surface area contributed by atoms with E-state index in [4.69, 9.17) is 0 Å². The largest absolute Gasteiger partial charge is 0.316 e. The number of thioether (sulfide) groups is 1.